The van der Waals surface area contributed by atoms with Crippen LogP contribution in [0.15, 0.2) is 28.8 Å². The second-order valence-electron chi connectivity index (χ2n) is 9.48. The van der Waals surface area contributed by atoms with E-state index >= 15 is 0 Å². The molecule has 1 aliphatic heterocycles. The third kappa shape index (κ3) is 3.95. The number of rotatable bonds is 5. The summed E-state index contributed by atoms with van der Waals surface area (Å²) < 4.78 is 32.5. The van der Waals surface area contributed by atoms with Gasteiger partial charge in [0.1, 0.15) is 17.7 Å². The van der Waals surface area contributed by atoms with Gasteiger partial charge in [-0.25, -0.2) is 8.78 Å². The Morgan fingerprint density at radius 2 is 2.03 bits per heavy atom. The van der Waals surface area contributed by atoms with Crippen molar-refractivity contribution in [3.8, 4) is 11.3 Å². The highest BCUT2D eigenvalue weighted by atomic mass is 19.1. The molecular formula is C23H27F2N3O3. The second-order valence-corrected chi connectivity index (χ2v) is 9.48. The predicted molar refractivity (Wildman–Crippen MR) is 110 cm³/mol. The summed E-state index contributed by atoms with van der Waals surface area (Å²) in [4.78, 5) is 27.9. The van der Waals surface area contributed by atoms with E-state index in [0.29, 0.717) is 24.8 Å². The molecule has 2 unspecified atom stereocenters. The number of carbonyl (C=O) groups is 2. The Morgan fingerprint density at radius 3 is 2.65 bits per heavy atom. The Balaban J connectivity index is 1.63. The van der Waals surface area contributed by atoms with Gasteiger partial charge in [0.05, 0.1) is 11.1 Å². The molecule has 1 aliphatic carbocycles. The normalized spacial score (nSPS) is 25.4. The van der Waals surface area contributed by atoms with Crippen LogP contribution in [0.4, 0.5) is 8.78 Å². The fraction of sp³-hybridized carbons (Fsp3) is 0.522. The lowest BCUT2D eigenvalue weighted by Gasteiger charge is -2.41. The summed E-state index contributed by atoms with van der Waals surface area (Å²) >= 11 is 0. The van der Waals surface area contributed by atoms with E-state index < -0.39 is 29.1 Å². The lowest BCUT2D eigenvalue weighted by Crippen LogP contribution is -2.64. The van der Waals surface area contributed by atoms with Crippen molar-refractivity contribution < 1.29 is 22.9 Å². The number of nitrogens with zero attached hydrogens (tertiary/aromatic N) is 2. The predicted octanol–water partition coefficient (Wildman–Crippen LogP) is 4.02. The van der Waals surface area contributed by atoms with Gasteiger partial charge >= 0.3 is 0 Å². The smallest absolute Gasteiger partial charge is 0.276 e. The average molecular weight is 431 g/mol. The molecule has 4 rings (SSSR count). The number of carbonyl (C=O) groups excluding carboxylic acids is 2. The van der Waals surface area contributed by atoms with Crippen molar-refractivity contribution >= 4 is 11.8 Å². The molecule has 3 atom stereocenters. The van der Waals surface area contributed by atoms with Crippen LogP contribution in [0.5, 0.6) is 0 Å². The van der Waals surface area contributed by atoms with Gasteiger partial charge < -0.3 is 14.7 Å². The van der Waals surface area contributed by atoms with Gasteiger partial charge in [-0.05, 0) is 42.7 Å². The summed E-state index contributed by atoms with van der Waals surface area (Å²) in [6.45, 7) is 8.63. The van der Waals surface area contributed by atoms with Crippen LogP contribution < -0.4 is 5.32 Å². The van der Waals surface area contributed by atoms with Gasteiger partial charge in [-0.3, -0.25) is 9.59 Å². The molecule has 166 valence electrons. The molecule has 1 saturated carbocycles. The van der Waals surface area contributed by atoms with Gasteiger partial charge in [0.2, 0.25) is 5.91 Å². The van der Waals surface area contributed by atoms with Crippen molar-refractivity contribution in [2.75, 3.05) is 6.54 Å². The summed E-state index contributed by atoms with van der Waals surface area (Å²) in [5.41, 5.74) is -0.384. The number of amides is 2. The Hall–Kier alpha value is -2.77. The van der Waals surface area contributed by atoms with Crippen molar-refractivity contribution in [2.24, 2.45) is 17.8 Å². The van der Waals surface area contributed by atoms with E-state index in [-0.39, 0.29) is 28.8 Å². The molecule has 1 N–H and O–H groups in total. The molecule has 0 radical (unpaired) electrons. The monoisotopic (exact) mass is 431 g/mol. The largest absolute Gasteiger partial charge is 0.355 e. The molecule has 1 spiro atoms. The van der Waals surface area contributed by atoms with Gasteiger partial charge in [0.25, 0.3) is 5.91 Å². The Labute approximate surface area is 180 Å². The molecule has 2 aliphatic rings. The highest BCUT2D eigenvalue weighted by Crippen LogP contribution is 2.50. The first-order valence-electron chi connectivity index (χ1n) is 10.7. The van der Waals surface area contributed by atoms with Gasteiger partial charge in [0, 0.05) is 18.7 Å². The zero-order valence-electron chi connectivity index (χ0n) is 18.1. The third-order valence-corrected chi connectivity index (χ3v) is 6.32. The minimum atomic E-state index is -0.804. The van der Waals surface area contributed by atoms with Crippen LogP contribution in [0.2, 0.25) is 0 Å². The van der Waals surface area contributed by atoms with E-state index in [1.807, 2.05) is 13.8 Å². The molecule has 2 amide bonds. The van der Waals surface area contributed by atoms with Crippen molar-refractivity contribution in [3.63, 3.8) is 0 Å². The molecule has 31 heavy (non-hydrogen) atoms. The van der Waals surface area contributed by atoms with Crippen LogP contribution in [-0.2, 0) is 4.79 Å². The number of hydrogen-bond donors (Lipinski definition) is 1. The summed E-state index contributed by atoms with van der Waals surface area (Å²) in [6.07, 6.45) is 1.36. The van der Waals surface area contributed by atoms with Crippen molar-refractivity contribution in [1.82, 2.24) is 15.4 Å². The van der Waals surface area contributed by atoms with Gasteiger partial charge in [-0.1, -0.05) is 32.9 Å². The zero-order valence-corrected chi connectivity index (χ0v) is 18.1. The standard InChI is InChI=1S/C23H27F2N3O3/c1-12(2)7-19-21(29)26-23(10-16(23)13(3)4)11-28(19)22(30)18-9-20(31-27-18)15-6-5-14(24)8-17(15)25/h5-6,8-9,12-13,16,19H,7,10-11H2,1-4H3,(H,26,29)/t16?,19-,23?/m0/s1. The third-order valence-electron chi connectivity index (χ3n) is 6.32. The Morgan fingerprint density at radius 1 is 1.29 bits per heavy atom. The first-order chi connectivity index (χ1) is 14.6. The quantitative estimate of drug-likeness (QED) is 0.776. The van der Waals surface area contributed by atoms with Crippen LogP contribution in [-0.4, -0.2) is 40.0 Å². The van der Waals surface area contributed by atoms with Crippen LogP contribution in [0.3, 0.4) is 0 Å². The van der Waals surface area contributed by atoms with Crippen LogP contribution in [0.1, 0.15) is 51.0 Å². The molecular weight excluding hydrogens is 404 g/mol. The first kappa shape index (κ1) is 21.5. The van der Waals surface area contributed by atoms with E-state index in [0.717, 1.165) is 18.6 Å². The molecule has 0 bridgehead atoms. The summed E-state index contributed by atoms with van der Waals surface area (Å²) in [5, 5.41) is 7.01. The number of hydrogen-bond acceptors (Lipinski definition) is 4. The van der Waals surface area contributed by atoms with Crippen LogP contribution >= 0.6 is 0 Å². The highest BCUT2D eigenvalue weighted by molar-refractivity contribution is 5.98. The highest BCUT2D eigenvalue weighted by Gasteiger charge is 2.61. The number of benzene rings is 1. The lowest BCUT2D eigenvalue weighted by molar-refractivity contribution is -0.131. The SMILES string of the molecule is CC(C)C[C@H]1C(=O)NC2(CC2C(C)C)CN1C(=O)c1cc(-c2ccc(F)cc2F)on1. The Bertz CT molecular complexity index is 1020. The number of piperazine rings is 1. The summed E-state index contributed by atoms with van der Waals surface area (Å²) in [6, 6.07) is 3.84. The topological polar surface area (TPSA) is 75.4 Å². The van der Waals surface area contributed by atoms with Gasteiger partial charge in [-0.2, -0.15) is 0 Å². The molecule has 1 aromatic carbocycles. The van der Waals surface area contributed by atoms with Crippen molar-refractivity contribution in [2.45, 2.75) is 52.1 Å². The Kier molecular flexibility index (Phi) is 5.35. The number of nitrogens with one attached hydrogen (secondary N) is 1. The molecule has 2 heterocycles. The fourth-order valence-corrected chi connectivity index (χ4v) is 4.69. The van der Waals surface area contributed by atoms with Crippen molar-refractivity contribution in [1.29, 1.82) is 0 Å². The summed E-state index contributed by atoms with van der Waals surface area (Å²) in [7, 11) is 0. The second kappa shape index (κ2) is 7.73. The maximum absolute atomic E-state index is 14.1. The minimum absolute atomic E-state index is 0.000854. The minimum Gasteiger partial charge on any atom is -0.355 e. The molecule has 1 saturated heterocycles. The fourth-order valence-electron chi connectivity index (χ4n) is 4.69. The first-order valence-corrected chi connectivity index (χ1v) is 10.7. The number of halogens is 2. The van der Waals surface area contributed by atoms with Crippen LogP contribution in [0.25, 0.3) is 11.3 Å². The maximum atomic E-state index is 14.1. The average Bonchev–Trinajstić information content (AvgIpc) is 3.15. The van der Waals surface area contributed by atoms with E-state index in [2.05, 4.69) is 24.3 Å². The molecule has 1 aromatic heterocycles. The molecule has 2 fully saturated rings. The molecule has 2 aromatic rings. The molecule has 8 heteroatoms. The van der Waals surface area contributed by atoms with E-state index in [9.17, 15) is 18.4 Å². The summed E-state index contributed by atoms with van der Waals surface area (Å²) in [5.74, 6) is -1.14. The van der Waals surface area contributed by atoms with E-state index in [1.54, 1.807) is 4.90 Å². The lowest BCUT2D eigenvalue weighted by atomic mass is 9.94. The zero-order chi connectivity index (χ0) is 22.5. The van der Waals surface area contributed by atoms with Crippen molar-refractivity contribution in [3.05, 3.63) is 41.6 Å². The maximum Gasteiger partial charge on any atom is 0.276 e. The van der Waals surface area contributed by atoms with Gasteiger partial charge in [-0.15, -0.1) is 0 Å². The van der Waals surface area contributed by atoms with Crippen LogP contribution in [0, 0.1) is 29.4 Å². The van der Waals surface area contributed by atoms with E-state index in [1.165, 1.54) is 12.1 Å². The van der Waals surface area contributed by atoms with E-state index in [4.69, 9.17) is 4.52 Å². The van der Waals surface area contributed by atoms with Gasteiger partial charge in [0.15, 0.2) is 11.5 Å². The number of aromatic nitrogens is 1. The molecule has 6 nitrogen and oxygen atoms in total.